The van der Waals surface area contributed by atoms with Crippen molar-refractivity contribution in [2.75, 3.05) is 0 Å². The number of halogens is 2. The molecule has 4 aromatic rings. The molecule has 0 fully saturated rings. The molecule has 0 saturated heterocycles. The maximum atomic E-state index is 6.24. The molecule has 0 radical (unpaired) electrons. The van der Waals surface area contributed by atoms with Crippen molar-refractivity contribution in [3.63, 3.8) is 0 Å². The minimum absolute atomic E-state index is 0.519. The van der Waals surface area contributed by atoms with E-state index in [0.717, 1.165) is 15.5 Å². The summed E-state index contributed by atoms with van der Waals surface area (Å²) in [5, 5.41) is 14.9. The van der Waals surface area contributed by atoms with Crippen molar-refractivity contribution in [2.45, 2.75) is 6.54 Å². The number of aromatic nitrogens is 6. The van der Waals surface area contributed by atoms with Crippen LogP contribution in [0.4, 0.5) is 0 Å². The molecule has 0 unspecified atom stereocenters. The molecule has 0 saturated carbocycles. The van der Waals surface area contributed by atoms with Crippen LogP contribution >= 0.6 is 34.5 Å². The lowest BCUT2D eigenvalue weighted by Crippen LogP contribution is -1.98. The Hall–Kier alpha value is -1.96. The van der Waals surface area contributed by atoms with Gasteiger partial charge in [0.05, 0.1) is 17.9 Å². The van der Waals surface area contributed by atoms with Gasteiger partial charge in [-0.2, -0.15) is 9.61 Å². The van der Waals surface area contributed by atoms with Gasteiger partial charge >= 0.3 is 0 Å². The Morgan fingerprint density at radius 3 is 2.86 bits per heavy atom. The molecule has 110 valence electrons. The first kappa shape index (κ1) is 13.7. The largest absolute Gasteiger partial charge is 0.331 e. The summed E-state index contributed by atoms with van der Waals surface area (Å²) in [6.07, 6.45) is 5.37. The zero-order chi connectivity index (χ0) is 15.1. The normalized spacial score (nSPS) is 11.4. The van der Waals surface area contributed by atoms with E-state index in [0.29, 0.717) is 22.4 Å². The molecule has 0 N–H and O–H groups in total. The topological polar surface area (TPSA) is 60.9 Å². The first-order valence-corrected chi connectivity index (χ1v) is 7.90. The van der Waals surface area contributed by atoms with Crippen molar-refractivity contribution >= 4 is 39.5 Å². The maximum absolute atomic E-state index is 6.24. The summed E-state index contributed by atoms with van der Waals surface area (Å²) in [4.78, 5) is 4.74. The lowest BCUT2D eigenvalue weighted by atomic mass is 10.2. The van der Waals surface area contributed by atoms with Crippen molar-refractivity contribution in [3.8, 4) is 11.4 Å². The number of nitrogens with zero attached hydrogens (tertiary/aromatic N) is 6. The van der Waals surface area contributed by atoms with Gasteiger partial charge in [0, 0.05) is 23.0 Å². The van der Waals surface area contributed by atoms with E-state index in [1.165, 1.54) is 11.3 Å². The van der Waals surface area contributed by atoms with Gasteiger partial charge in [0.1, 0.15) is 5.01 Å². The molecule has 0 bridgehead atoms. The summed E-state index contributed by atoms with van der Waals surface area (Å²) in [6.45, 7) is 0.641. The highest BCUT2D eigenvalue weighted by Gasteiger charge is 2.16. The quantitative estimate of drug-likeness (QED) is 0.568. The maximum Gasteiger partial charge on any atom is 0.235 e. The van der Waals surface area contributed by atoms with Crippen LogP contribution in [0, 0.1) is 0 Å². The molecule has 9 heteroatoms. The predicted octanol–water partition coefficient (Wildman–Crippen LogP) is 3.40. The van der Waals surface area contributed by atoms with E-state index in [1.807, 2.05) is 16.8 Å². The molecule has 0 amide bonds. The van der Waals surface area contributed by atoms with Crippen molar-refractivity contribution in [1.29, 1.82) is 0 Å². The molecule has 0 aliphatic carbocycles. The van der Waals surface area contributed by atoms with E-state index in [9.17, 15) is 0 Å². The first-order valence-electron chi connectivity index (χ1n) is 6.33. The van der Waals surface area contributed by atoms with Crippen LogP contribution in [0.1, 0.15) is 5.01 Å². The SMILES string of the molecule is Clc1ccc(-c2nnc3sc(Cn4ccnc4)nn23)c(Cl)c1. The standard InChI is InChI=1S/C13H8Cl2N6S/c14-8-1-2-9(10(15)5-8)12-17-18-13-21(12)19-11(22-13)6-20-4-3-16-7-20/h1-5,7H,6H2. The molecule has 1 aromatic carbocycles. The number of rotatable bonds is 3. The Bertz CT molecular complexity index is 943. The van der Waals surface area contributed by atoms with Crippen molar-refractivity contribution in [3.05, 3.63) is 52.0 Å². The smallest absolute Gasteiger partial charge is 0.235 e. The van der Waals surface area contributed by atoms with Crippen LogP contribution in [0.25, 0.3) is 16.3 Å². The van der Waals surface area contributed by atoms with Crippen molar-refractivity contribution < 1.29 is 0 Å². The fourth-order valence-electron chi connectivity index (χ4n) is 2.10. The molecule has 4 rings (SSSR count). The third-order valence-electron chi connectivity index (χ3n) is 3.08. The molecule has 0 spiro atoms. The lowest BCUT2D eigenvalue weighted by Gasteiger charge is -2.01. The van der Waals surface area contributed by atoms with Gasteiger partial charge in [0.2, 0.25) is 4.96 Å². The number of hydrogen-bond donors (Lipinski definition) is 0. The van der Waals surface area contributed by atoms with E-state index >= 15 is 0 Å². The van der Waals surface area contributed by atoms with E-state index in [-0.39, 0.29) is 0 Å². The van der Waals surface area contributed by atoms with Gasteiger partial charge in [-0.05, 0) is 18.2 Å². The van der Waals surface area contributed by atoms with E-state index in [1.54, 1.807) is 29.2 Å². The second kappa shape index (κ2) is 5.35. The summed E-state index contributed by atoms with van der Waals surface area (Å²) in [6, 6.07) is 5.26. The molecule has 0 atom stereocenters. The molecule has 3 aromatic heterocycles. The Labute approximate surface area is 139 Å². The number of hydrogen-bond acceptors (Lipinski definition) is 5. The highest BCUT2D eigenvalue weighted by Crippen LogP contribution is 2.30. The predicted molar refractivity (Wildman–Crippen MR) is 85.4 cm³/mol. The summed E-state index contributed by atoms with van der Waals surface area (Å²) in [5.41, 5.74) is 0.748. The van der Waals surface area contributed by atoms with Gasteiger partial charge in [-0.3, -0.25) is 0 Å². The molecule has 22 heavy (non-hydrogen) atoms. The highest BCUT2D eigenvalue weighted by atomic mass is 35.5. The molecule has 6 nitrogen and oxygen atoms in total. The molecule has 0 aliphatic heterocycles. The van der Waals surface area contributed by atoms with E-state index in [2.05, 4.69) is 20.3 Å². The second-order valence-electron chi connectivity index (χ2n) is 4.57. The molecule has 3 heterocycles. The van der Waals surface area contributed by atoms with Crippen molar-refractivity contribution in [1.82, 2.24) is 29.4 Å². The summed E-state index contributed by atoms with van der Waals surface area (Å²) >= 11 is 13.7. The Kier molecular flexibility index (Phi) is 3.33. The zero-order valence-corrected chi connectivity index (χ0v) is 13.3. The Morgan fingerprint density at radius 2 is 2.09 bits per heavy atom. The summed E-state index contributed by atoms with van der Waals surface area (Å²) < 4.78 is 3.65. The van der Waals surface area contributed by atoms with Crippen LogP contribution in [-0.2, 0) is 6.54 Å². The monoisotopic (exact) mass is 350 g/mol. The summed E-state index contributed by atoms with van der Waals surface area (Å²) in [7, 11) is 0. The average molecular weight is 351 g/mol. The Morgan fingerprint density at radius 1 is 1.18 bits per heavy atom. The van der Waals surface area contributed by atoms with Crippen molar-refractivity contribution in [2.24, 2.45) is 0 Å². The molecular weight excluding hydrogens is 343 g/mol. The van der Waals surface area contributed by atoms with Gasteiger partial charge in [0.25, 0.3) is 0 Å². The number of imidazole rings is 1. The van der Waals surface area contributed by atoms with Crippen LogP contribution in [0.3, 0.4) is 0 Å². The first-order chi connectivity index (χ1) is 10.7. The van der Waals surface area contributed by atoms with E-state index in [4.69, 9.17) is 23.2 Å². The van der Waals surface area contributed by atoms with Gasteiger partial charge < -0.3 is 4.57 Å². The summed E-state index contributed by atoms with van der Waals surface area (Å²) in [5.74, 6) is 0.602. The van der Waals surface area contributed by atoms with E-state index < -0.39 is 0 Å². The van der Waals surface area contributed by atoms with Crippen LogP contribution in [0.5, 0.6) is 0 Å². The minimum Gasteiger partial charge on any atom is -0.331 e. The third kappa shape index (κ3) is 2.37. The van der Waals surface area contributed by atoms with Crippen LogP contribution in [0.2, 0.25) is 10.0 Å². The Balaban J connectivity index is 1.77. The lowest BCUT2D eigenvalue weighted by molar-refractivity contribution is 0.765. The van der Waals surface area contributed by atoms with Gasteiger partial charge in [0.15, 0.2) is 5.82 Å². The fraction of sp³-hybridized carbons (Fsp3) is 0.0769. The molecule has 0 aliphatic rings. The zero-order valence-electron chi connectivity index (χ0n) is 11.0. The fourth-order valence-corrected chi connectivity index (χ4v) is 3.43. The van der Waals surface area contributed by atoms with Crippen LogP contribution in [0.15, 0.2) is 36.9 Å². The number of benzene rings is 1. The number of fused-ring (bicyclic) bond motifs is 1. The second-order valence-corrected chi connectivity index (χ2v) is 6.46. The van der Waals surface area contributed by atoms with Gasteiger partial charge in [-0.1, -0.05) is 34.5 Å². The van der Waals surface area contributed by atoms with Crippen LogP contribution in [-0.4, -0.2) is 29.4 Å². The van der Waals surface area contributed by atoms with Crippen LogP contribution < -0.4 is 0 Å². The average Bonchev–Trinajstić information content (AvgIpc) is 3.17. The third-order valence-corrected chi connectivity index (χ3v) is 4.51. The highest BCUT2D eigenvalue weighted by molar-refractivity contribution is 7.16. The van der Waals surface area contributed by atoms with Gasteiger partial charge in [-0.25, -0.2) is 4.98 Å². The van der Waals surface area contributed by atoms with Gasteiger partial charge in [-0.15, -0.1) is 10.2 Å². The minimum atomic E-state index is 0.519. The molecular formula is C13H8Cl2N6S.